The Kier molecular flexibility index (Phi) is 8.15. The van der Waals surface area contributed by atoms with Gasteiger partial charge >= 0.3 is 0 Å². The van der Waals surface area contributed by atoms with Crippen LogP contribution in [-0.4, -0.2) is 25.6 Å². The number of hydrogen-bond donors (Lipinski definition) is 2. The lowest BCUT2D eigenvalue weighted by atomic mass is 10.1. The average molecular weight is 213 g/mol. The first kappa shape index (κ1) is 14.3. The summed E-state index contributed by atoms with van der Waals surface area (Å²) in [6, 6.07) is 0.437. The molecule has 15 heavy (non-hydrogen) atoms. The van der Waals surface area contributed by atoms with Gasteiger partial charge in [0.1, 0.15) is 0 Å². The molecular weight excluding hydrogens is 186 g/mol. The van der Waals surface area contributed by atoms with Crippen molar-refractivity contribution in [2.75, 3.05) is 13.6 Å². The van der Waals surface area contributed by atoms with Crippen molar-refractivity contribution < 1.29 is 0 Å². The molecule has 2 N–H and O–H groups in total. The van der Waals surface area contributed by atoms with E-state index in [1.165, 1.54) is 19.3 Å². The molecule has 0 fully saturated rings. The van der Waals surface area contributed by atoms with Crippen molar-refractivity contribution in [3.05, 3.63) is 0 Å². The summed E-state index contributed by atoms with van der Waals surface area (Å²) >= 11 is 0. The quantitative estimate of drug-likeness (QED) is 0.404. The van der Waals surface area contributed by atoms with E-state index >= 15 is 0 Å². The molecule has 3 heteroatoms. The standard InChI is InChI=1S/C12H27N3/c1-10(2)8-6-7-9-14-12(13-5)15-11(3)4/h10-11H,6-9H2,1-5H3,(H2,13,14,15). The fourth-order valence-electron chi connectivity index (χ4n) is 1.35. The summed E-state index contributed by atoms with van der Waals surface area (Å²) in [5.41, 5.74) is 0. The second-order valence-corrected chi connectivity index (χ2v) is 4.69. The molecule has 0 aliphatic carbocycles. The van der Waals surface area contributed by atoms with Gasteiger partial charge in [-0.25, -0.2) is 0 Å². The molecule has 0 aliphatic heterocycles. The van der Waals surface area contributed by atoms with Crippen LogP contribution in [0.5, 0.6) is 0 Å². The fourth-order valence-corrected chi connectivity index (χ4v) is 1.35. The minimum absolute atomic E-state index is 0.437. The Morgan fingerprint density at radius 2 is 1.80 bits per heavy atom. The summed E-state index contributed by atoms with van der Waals surface area (Å²) < 4.78 is 0. The van der Waals surface area contributed by atoms with Crippen LogP contribution in [0.4, 0.5) is 0 Å². The van der Waals surface area contributed by atoms with E-state index in [4.69, 9.17) is 0 Å². The van der Waals surface area contributed by atoms with E-state index in [1.54, 1.807) is 0 Å². The van der Waals surface area contributed by atoms with Gasteiger partial charge in [0.05, 0.1) is 0 Å². The van der Waals surface area contributed by atoms with E-state index in [2.05, 4.69) is 43.3 Å². The van der Waals surface area contributed by atoms with E-state index in [-0.39, 0.29) is 0 Å². The molecule has 0 aromatic carbocycles. The third-order valence-electron chi connectivity index (χ3n) is 2.15. The summed E-state index contributed by atoms with van der Waals surface area (Å²) in [5, 5.41) is 6.58. The molecule has 0 bridgehead atoms. The van der Waals surface area contributed by atoms with Crippen LogP contribution < -0.4 is 10.6 Å². The minimum Gasteiger partial charge on any atom is -0.356 e. The van der Waals surface area contributed by atoms with Gasteiger partial charge in [0.25, 0.3) is 0 Å². The molecule has 0 amide bonds. The Balaban J connectivity index is 3.48. The molecule has 0 rings (SSSR count). The number of rotatable bonds is 6. The minimum atomic E-state index is 0.437. The maximum atomic E-state index is 4.16. The Labute approximate surface area is 94.7 Å². The highest BCUT2D eigenvalue weighted by Crippen LogP contribution is 2.04. The smallest absolute Gasteiger partial charge is 0.191 e. The van der Waals surface area contributed by atoms with Crippen molar-refractivity contribution >= 4 is 5.96 Å². The lowest BCUT2D eigenvalue weighted by Crippen LogP contribution is -2.41. The number of guanidine groups is 1. The number of aliphatic imine (C=N–C) groups is 1. The number of hydrogen-bond acceptors (Lipinski definition) is 1. The van der Waals surface area contributed by atoms with E-state index in [0.717, 1.165) is 18.4 Å². The molecule has 0 aliphatic rings. The van der Waals surface area contributed by atoms with Crippen molar-refractivity contribution in [2.45, 2.75) is 53.0 Å². The zero-order valence-corrected chi connectivity index (χ0v) is 10.9. The zero-order chi connectivity index (χ0) is 11.7. The molecule has 0 unspecified atom stereocenters. The Bertz CT molecular complexity index is 174. The third kappa shape index (κ3) is 9.57. The summed E-state index contributed by atoms with van der Waals surface area (Å²) in [6.07, 6.45) is 3.83. The number of unbranched alkanes of at least 4 members (excludes halogenated alkanes) is 1. The molecule has 0 aromatic rings. The molecule has 3 nitrogen and oxygen atoms in total. The van der Waals surface area contributed by atoms with Crippen molar-refractivity contribution in [3.63, 3.8) is 0 Å². The summed E-state index contributed by atoms with van der Waals surface area (Å²) in [5.74, 6) is 1.73. The highest BCUT2D eigenvalue weighted by atomic mass is 15.2. The van der Waals surface area contributed by atoms with Gasteiger partial charge in [-0.3, -0.25) is 4.99 Å². The van der Waals surface area contributed by atoms with Crippen molar-refractivity contribution in [3.8, 4) is 0 Å². The first-order valence-electron chi connectivity index (χ1n) is 6.03. The largest absolute Gasteiger partial charge is 0.356 e. The molecule has 0 saturated heterocycles. The van der Waals surface area contributed by atoms with Crippen LogP contribution in [-0.2, 0) is 0 Å². The van der Waals surface area contributed by atoms with Crippen LogP contribution in [0.1, 0.15) is 47.0 Å². The van der Waals surface area contributed by atoms with Gasteiger partial charge in [0.2, 0.25) is 0 Å². The van der Waals surface area contributed by atoms with Gasteiger partial charge in [0, 0.05) is 19.6 Å². The van der Waals surface area contributed by atoms with Gasteiger partial charge in [-0.05, 0) is 26.2 Å². The van der Waals surface area contributed by atoms with Crippen LogP contribution in [0.15, 0.2) is 4.99 Å². The van der Waals surface area contributed by atoms with E-state index < -0.39 is 0 Å². The average Bonchev–Trinajstić information content (AvgIpc) is 2.14. The van der Waals surface area contributed by atoms with Crippen LogP contribution >= 0.6 is 0 Å². The molecule has 0 saturated carbocycles. The lowest BCUT2D eigenvalue weighted by Gasteiger charge is -2.14. The van der Waals surface area contributed by atoms with E-state index in [9.17, 15) is 0 Å². The van der Waals surface area contributed by atoms with Crippen LogP contribution in [0.25, 0.3) is 0 Å². The summed E-state index contributed by atoms with van der Waals surface area (Å²) in [6.45, 7) is 9.79. The van der Waals surface area contributed by atoms with Gasteiger partial charge < -0.3 is 10.6 Å². The van der Waals surface area contributed by atoms with Crippen LogP contribution in [0.3, 0.4) is 0 Å². The Hall–Kier alpha value is -0.730. The molecular formula is C12H27N3. The third-order valence-corrected chi connectivity index (χ3v) is 2.15. The van der Waals surface area contributed by atoms with Crippen LogP contribution in [0.2, 0.25) is 0 Å². The zero-order valence-electron chi connectivity index (χ0n) is 10.9. The lowest BCUT2D eigenvalue weighted by molar-refractivity contribution is 0.534. The van der Waals surface area contributed by atoms with E-state index in [0.29, 0.717) is 6.04 Å². The Morgan fingerprint density at radius 1 is 1.13 bits per heavy atom. The predicted octanol–water partition coefficient (Wildman–Crippen LogP) is 2.39. The van der Waals surface area contributed by atoms with Gasteiger partial charge in [-0.1, -0.05) is 26.7 Å². The van der Waals surface area contributed by atoms with Crippen molar-refractivity contribution in [1.82, 2.24) is 10.6 Å². The SMILES string of the molecule is CN=C(NCCCCC(C)C)NC(C)C. The molecule has 0 heterocycles. The van der Waals surface area contributed by atoms with Gasteiger partial charge in [0.15, 0.2) is 5.96 Å². The molecule has 0 radical (unpaired) electrons. The maximum Gasteiger partial charge on any atom is 0.191 e. The number of nitrogens with zero attached hydrogens (tertiary/aromatic N) is 1. The monoisotopic (exact) mass is 213 g/mol. The highest BCUT2D eigenvalue weighted by Gasteiger charge is 1.99. The number of nitrogens with one attached hydrogen (secondary N) is 2. The predicted molar refractivity (Wildman–Crippen MR) is 68.3 cm³/mol. The maximum absolute atomic E-state index is 4.16. The fraction of sp³-hybridized carbons (Fsp3) is 0.917. The first-order valence-corrected chi connectivity index (χ1v) is 6.03. The van der Waals surface area contributed by atoms with E-state index in [1.807, 2.05) is 7.05 Å². The van der Waals surface area contributed by atoms with Crippen molar-refractivity contribution in [1.29, 1.82) is 0 Å². The topological polar surface area (TPSA) is 36.4 Å². The normalized spacial score (nSPS) is 12.3. The molecule has 0 aromatic heterocycles. The highest BCUT2D eigenvalue weighted by molar-refractivity contribution is 5.79. The summed E-state index contributed by atoms with van der Waals surface area (Å²) in [4.78, 5) is 4.16. The molecule has 0 atom stereocenters. The molecule has 0 spiro atoms. The molecule has 90 valence electrons. The van der Waals surface area contributed by atoms with Gasteiger partial charge in [-0.15, -0.1) is 0 Å². The van der Waals surface area contributed by atoms with Crippen molar-refractivity contribution in [2.24, 2.45) is 10.9 Å². The van der Waals surface area contributed by atoms with Gasteiger partial charge in [-0.2, -0.15) is 0 Å². The summed E-state index contributed by atoms with van der Waals surface area (Å²) in [7, 11) is 1.81. The first-order chi connectivity index (χ1) is 7.06. The van der Waals surface area contributed by atoms with Crippen LogP contribution in [0, 0.1) is 5.92 Å². The Morgan fingerprint density at radius 3 is 2.27 bits per heavy atom. The second-order valence-electron chi connectivity index (χ2n) is 4.69. The second kappa shape index (κ2) is 8.57.